The van der Waals surface area contributed by atoms with E-state index in [-0.39, 0.29) is 0 Å². The molecule has 0 heterocycles. The molecule has 0 spiro atoms. The summed E-state index contributed by atoms with van der Waals surface area (Å²) in [5.74, 6) is 0.735. The molecule has 1 aromatic rings. The zero-order chi connectivity index (χ0) is 10.4. The normalized spacial score (nSPS) is 11.2. The lowest BCUT2D eigenvalue weighted by Crippen LogP contribution is -2.26. The molecule has 14 heavy (non-hydrogen) atoms. The van der Waals surface area contributed by atoms with E-state index in [1.807, 2.05) is 31.3 Å². The van der Waals surface area contributed by atoms with Crippen LogP contribution in [0.2, 0.25) is 0 Å². The van der Waals surface area contributed by atoms with Crippen LogP contribution in [0.25, 0.3) is 0 Å². The maximum atomic E-state index is 5.54. The highest BCUT2D eigenvalue weighted by atomic mass is 15.2. The molecular formula is C10H16N4. The highest BCUT2D eigenvalue weighted by molar-refractivity contribution is 5.93. The summed E-state index contributed by atoms with van der Waals surface area (Å²) in [5.41, 5.74) is 7.63. The maximum absolute atomic E-state index is 5.54. The average Bonchev–Trinajstić information content (AvgIpc) is 2.26. The van der Waals surface area contributed by atoms with Gasteiger partial charge in [-0.15, -0.1) is 0 Å². The van der Waals surface area contributed by atoms with Gasteiger partial charge in [0.1, 0.15) is 0 Å². The van der Waals surface area contributed by atoms with Crippen molar-refractivity contribution < 1.29 is 0 Å². The Morgan fingerprint density at radius 3 is 2.86 bits per heavy atom. The van der Waals surface area contributed by atoms with E-state index in [9.17, 15) is 0 Å². The summed E-state index contributed by atoms with van der Waals surface area (Å²) < 4.78 is 0. The highest BCUT2D eigenvalue weighted by Gasteiger charge is 1.96. The van der Waals surface area contributed by atoms with Crippen LogP contribution in [0, 0.1) is 0 Å². The van der Waals surface area contributed by atoms with Gasteiger partial charge in [-0.3, -0.25) is 4.99 Å². The maximum Gasteiger partial charge on any atom is 0.195 e. The average molecular weight is 192 g/mol. The molecule has 4 N–H and O–H groups in total. The first-order valence-corrected chi connectivity index (χ1v) is 4.50. The Morgan fingerprint density at radius 2 is 2.29 bits per heavy atom. The lowest BCUT2D eigenvalue weighted by Gasteiger charge is -2.09. The lowest BCUT2D eigenvalue weighted by atomic mass is 10.2. The summed E-state index contributed by atoms with van der Waals surface area (Å²) in [6, 6.07) is 7.94. The number of rotatable bonds is 2. The summed E-state index contributed by atoms with van der Waals surface area (Å²) >= 11 is 0. The van der Waals surface area contributed by atoms with Crippen LogP contribution in [0.3, 0.4) is 0 Å². The fourth-order valence-electron chi connectivity index (χ4n) is 1.14. The molecule has 0 aliphatic carbocycles. The molecule has 0 atom stereocenters. The number of nitrogens with two attached hydrogens (primary N) is 1. The minimum absolute atomic E-state index is 0.549. The molecular weight excluding hydrogens is 176 g/mol. The van der Waals surface area contributed by atoms with Crippen molar-refractivity contribution in [1.29, 1.82) is 0 Å². The molecule has 0 saturated carbocycles. The van der Waals surface area contributed by atoms with Gasteiger partial charge >= 0.3 is 0 Å². The van der Waals surface area contributed by atoms with Crippen molar-refractivity contribution >= 4 is 11.6 Å². The van der Waals surface area contributed by atoms with Crippen molar-refractivity contribution in [2.45, 2.75) is 6.54 Å². The Bertz CT molecular complexity index is 320. The number of nitrogens with one attached hydrogen (secondary N) is 2. The number of nitrogens with zero attached hydrogens (tertiary/aromatic N) is 1. The molecule has 4 nitrogen and oxygen atoms in total. The van der Waals surface area contributed by atoms with Crippen LogP contribution in [-0.2, 0) is 6.54 Å². The van der Waals surface area contributed by atoms with Crippen LogP contribution in [0.1, 0.15) is 5.56 Å². The predicted octanol–water partition coefficient (Wildman–Crippen LogP) is 0.762. The second kappa shape index (κ2) is 5.24. The first-order valence-electron chi connectivity index (χ1n) is 4.50. The topological polar surface area (TPSA) is 62.4 Å². The number of guanidine groups is 1. The molecule has 0 saturated heterocycles. The van der Waals surface area contributed by atoms with E-state index in [0.29, 0.717) is 6.54 Å². The van der Waals surface area contributed by atoms with Gasteiger partial charge in [0, 0.05) is 26.3 Å². The Labute approximate surface area is 84.2 Å². The van der Waals surface area contributed by atoms with Crippen molar-refractivity contribution in [3.8, 4) is 0 Å². The number of hydrogen-bond donors (Lipinski definition) is 3. The predicted molar refractivity (Wildman–Crippen MR) is 60.4 cm³/mol. The lowest BCUT2D eigenvalue weighted by molar-refractivity contribution is 1.07. The molecule has 1 aromatic carbocycles. The highest BCUT2D eigenvalue weighted by Crippen LogP contribution is 2.09. The molecule has 0 aromatic heterocycles. The molecule has 4 heteroatoms. The third kappa shape index (κ3) is 2.74. The molecule has 1 rings (SSSR count). The van der Waals surface area contributed by atoms with Crippen molar-refractivity contribution in [3.63, 3.8) is 0 Å². The van der Waals surface area contributed by atoms with Crippen LogP contribution < -0.4 is 16.4 Å². The minimum Gasteiger partial charge on any atom is -0.359 e. The number of benzene rings is 1. The fourth-order valence-corrected chi connectivity index (χ4v) is 1.14. The summed E-state index contributed by atoms with van der Waals surface area (Å²) in [4.78, 5) is 4.02. The zero-order valence-electron chi connectivity index (χ0n) is 8.54. The molecule has 0 unspecified atom stereocenters. The van der Waals surface area contributed by atoms with E-state index in [0.717, 1.165) is 17.2 Å². The molecule has 76 valence electrons. The van der Waals surface area contributed by atoms with Crippen LogP contribution in [-0.4, -0.2) is 20.1 Å². The molecule has 0 amide bonds. The van der Waals surface area contributed by atoms with Crippen molar-refractivity contribution in [3.05, 3.63) is 29.8 Å². The van der Waals surface area contributed by atoms with E-state index >= 15 is 0 Å². The first-order chi connectivity index (χ1) is 6.80. The number of anilines is 1. The number of hydrogen-bond acceptors (Lipinski definition) is 2. The monoisotopic (exact) mass is 192 g/mol. The summed E-state index contributed by atoms with van der Waals surface area (Å²) in [6.07, 6.45) is 0. The zero-order valence-corrected chi connectivity index (χ0v) is 8.54. The molecule has 0 aliphatic heterocycles. The van der Waals surface area contributed by atoms with Gasteiger partial charge in [0.15, 0.2) is 5.96 Å². The number of aliphatic imine (C=N–C) groups is 1. The Hall–Kier alpha value is -1.55. The van der Waals surface area contributed by atoms with Crippen LogP contribution >= 0.6 is 0 Å². The van der Waals surface area contributed by atoms with Gasteiger partial charge in [-0.1, -0.05) is 12.1 Å². The quantitative estimate of drug-likeness (QED) is 0.479. The van der Waals surface area contributed by atoms with E-state index < -0.39 is 0 Å². The molecule has 0 aliphatic rings. The van der Waals surface area contributed by atoms with E-state index in [1.165, 1.54) is 0 Å². The van der Waals surface area contributed by atoms with Gasteiger partial charge in [-0.25, -0.2) is 0 Å². The van der Waals surface area contributed by atoms with Gasteiger partial charge < -0.3 is 16.4 Å². The third-order valence-electron chi connectivity index (χ3n) is 1.89. The Kier molecular flexibility index (Phi) is 3.94. The third-order valence-corrected chi connectivity index (χ3v) is 1.89. The fraction of sp³-hybridized carbons (Fsp3) is 0.300. The van der Waals surface area contributed by atoms with Crippen molar-refractivity contribution in [2.24, 2.45) is 10.7 Å². The van der Waals surface area contributed by atoms with Crippen molar-refractivity contribution in [2.75, 3.05) is 19.4 Å². The van der Waals surface area contributed by atoms with E-state index in [1.54, 1.807) is 7.05 Å². The summed E-state index contributed by atoms with van der Waals surface area (Å²) in [5, 5.41) is 6.08. The summed E-state index contributed by atoms with van der Waals surface area (Å²) in [7, 11) is 3.55. The summed E-state index contributed by atoms with van der Waals surface area (Å²) in [6.45, 7) is 0.549. The Balaban J connectivity index is 2.76. The van der Waals surface area contributed by atoms with Crippen molar-refractivity contribution in [1.82, 2.24) is 5.32 Å². The first kappa shape index (κ1) is 10.5. The minimum atomic E-state index is 0.549. The standard InChI is InChI=1S/C10H16N4/c1-12-10(13-2)14-9-5-3-4-8(6-9)7-11/h3-6H,7,11H2,1-2H3,(H2,12,13,14). The van der Waals surface area contributed by atoms with Crippen LogP contribution in [0.5, 0.6) is 0 Å². The van der Waals surface area contributed by atoms with E-state index in [4.69, 9.17) is 5.73 Å². The molecule has 0 fully saturated rings. The van der Waals surface area contributed by atoms with Gasteiger partial charge in [-0.2, -0.15) is 0 Å². The van der Waals surface area contributed by atoms with Crippen LogP contribution in [0.4, 0.5) is 5.69 Å². The van der Waals surface area contributed by atoms with Crippen LogP contribution in [0.15, 0.2) is 29.3 Å². The smallest absolute Gasteiger partial charge is 0.195 e. The SMILES string of the molecule is CN=C(NC)Nc1cccc(CN)c1. The second-order valence-electron chi connectivity index (χ2n) is 2.85. The van der Waals surface area contributed by atoms with Gasteiger partial charge in [0.05, 0.1) is 0 Å². The Morgan fingerprint density at radius 1 is 1.50 bits per heavy atom. The van der Waals surface area contributed by atoms with Gasteiger partial charge in [0.25, 0.3) is 0 Å². The van der Waals surface area contributed by atoms with Gasteiger partial charge in [0.2, 0.25) is 0 Å². The van der Waals surface area contributed by atoms with E-state index in [2.05, 4.69) is 15.6 Å². The largest absolute Gasteiger partial charge is 0.359 e. The molecule has 0 radical (unpaired) electrons. The second-order valence-corrected chi connectivity index (χ2v) is 2.85. The van der Waals surface area contributed by atoms with Gasteiger partial charge in [-0.05, 0) is 17.7 Å². The molecule has 0 bridgehead atoms.